The van der Waals surface area contributed by atoms with E-state index in [9.17, 15) is 18.0 Å². The average Bonchev–Trinajstić information content (AvgIpc) is 2.96. The largest absolute Gasteiger partial charge is 0.416 e. The van der Waals surface area contributed by atoms with E-state index >= 15 is 0 Å². The molecular formula is C17H18F3N3O2S. The van der Waals surface area contributed by atoms with Crippen molar-refractivity contribution in [3.05, 3.63) is 45.4 Å². The van der Waals surface area contributed by atoms with Gasteiger partial charge in [0, 0.05) is 18.8 Å². The maximum atomic E-state index is 12.8. The van der Waals surface area contributed by atoms with Gasteiger partial charge in [0.1, 0.15) is 9.88 Å². The summed E-state index contributed by atoms with van der Waals surface area (Å²) in [5.74, 6) is -0.451. The van der Waals surface area contributed by atoms with Crippen LogP contribution in [0.25, 0.3) is 0 Å². The lowest BCUT2D eigenvalue weighted by molar-refractivity contribution is -0.137. The molecule has 1 saturated heterocycles. The minimum Gasteiger partial charge on any atom is -0.379 e. The predicted molar refractivity (Wildman–Crippen MR) is 92.3 cm³/mol. The smallest absolute Gasteiger partial charge is 0.379 e. The first-order valence-corrected chi connectivity index (χ1v) is 8.89. The molecule has 140 valence electrons. The van der Waals surface area contributed by atoms with E-state index in [1.165, 1.54) is 23.5 Å². The van der Waals surface area contributed by atoms with Gasteiger partial charge in [0.2, 0.25) is 0 Å². The number of carbonyl (C=O) groups excluding carboxylic acids is 1. The molecule has 1 aromatic heterocycles. The molecule has 1 aliphatic rings. The van der Waals surface area contributed by atoms with Crippen LogP contribution in [0.3, 0.4) is 0 Å². The molecule has 2 heterocycles. The lowest BCUT2D eigenvalue weighted by atomic mass is 10.2. The van der Waals surface area contributed by atoms with E-state index < -0.39 is 17.6 Å². The first-order valence-electron chi connectivity index (χ1n) is 8.08. The van der Waals surface area contributed by atoms with E-state index in [1.807, 2.05) is 0 Å². The first-order chi connectivity index (χ1) is 12.3. The molecule has 0 unspecified atom stereocenters. The van der Waals surface area contributed by atoms with Crippen molar-refractivity contribution in [1.29, 1.82) is 0 Å². The molecule has 1 N–H and O–H groups in total. The minimum atomic E-state index is -4.45. The van der Waals surface area contributed by atoms with Crippen LogP contribution >= 0.6 is 11.3 Å². The highest BCUT2D eigenvalue weighted by Crippen LogP contribution is 2.31. The molecule has 0 radical (unpaired) electrons. The Morgan fingerprint density at radius 1 is 1.35 bits per heavy atom. The van der Waals surface area contributed by atoms with E-state index in [4.69, 9.17) is 4.74 Å². The lowest BCUT2D eigenvalue weighted by Crippen LogP contribution is -2.35. The second-order valence-electron chi connectivity index (χ2n) is 5.94. The quantitative estimate of drug-likeness (QED) is 0.875. The Hall–Kier alpha value is -1.97. The molecule has 1 aliphatic heterocycles. The molecule has 2 aromatic rings. The highest BCUT2D eigenvalue weighted by atomic mass is 32.1. The number of benzene rings is 1. The van der Waals surface area contributed by atoms with Crippen LogP contribution in [-0.4, -0.2) is 42.1 Å². The van der Waals surface area contributed by atoms with Crippen LogP contribution in [0.1, 0.15) is 25.9 Å². The zero-order valence-electron chi connectivity index (χ0n) is 14.1. The van der Waals surface area contributed by atoms with Gasteiger partial charge in [-0.05, 0) is 25.1 Å². The van der Waals surface area contributed by atoms with Crippen molar-refractivity contribution in [2.75, 3.05) is 31.6 Å². The Balaban J connectivity index is 1.70. The van der Waals surface area contributed by atoms with Gasteiger partial charge in [-0.3, -0.25) is 9.69 Å². The summed E-state index contributed by atoms with van der Waals surface area (Å²) >= 11 is 1.26. The van der Waals surface area contributed by atoms with Crippen molar-refractivity contribution in [1.82, 2.24) is 9.88 Å². The van der Waals surface area contributed by atoms with Crippen LogP contribution in [0.15, 0.2) is 24.3 Å². The molecular weight excluding hydrogens is 367 g/mol. The summed E-state index contributed by atoms with van der Waals surface area (Å²) < 4.78 is 43.7. The third-order valence-electron chi connectivity index (χ3n) is 3.96. The normalized spacial score (nSPS) is 15.8. The van der Waals surface area contributed by atoms with Crippen molar-refractivity contribution in [2.24, 2.45) is 0 Å². The van der Waals surface area contributed by atoms with Gasteiger partial charge in [-0.2, -0.15) is 13.2 Å². The molecule has 1 fully saturated rings. The summed E-state index contributed by atoms with van der Waals surface area (Å²) in [6.07, 6.45) is -4.45. The molecule has 0 saturated carbocycles. The van der Waals surface area contributed by atoms with Crippen LogP contribution < -0.4 is 5.32 Å². The van der Waals surface area contributed by atoms with Gasteiger partial charge in [-0.1, -0.05) is 6.07 Å². The molecule has 1 amide bonds. The highest BCUT2D eigenvalue weighted by Gasteiger charge is 2.30. The topological polar surface area (TPSA) is 54.5 Å². The summed E-state index contributed by atoms with van der Waals surface area (Å²) in [6, 6.07) is 4.58. The fourth-order valence-electron chi connectivity index (χ4n) is 2.64. The van der Waals surface area contributed by atoms with Gasteiger partial charge in [-0.25, -0.2) is 4.98 Å². The Bertz CT molecular complexity index is 786. The van der Waals surface area contributed by atoms with Gasteiger partial charge in [-0.15, -0.1) is 11.3 Å². The lowest BCUT2D eigenvalue weighted by Gasteiger charge is -2.25. The number of aromatic nitrogens is 1. The van der Waals surface area contributed by atoms with Crippen molar-refractivity contribution < 1.29 is 22.7 Å². The number of aryl methyl sites for hydroxylation is 1. The van der Waals surface area contributed by atoms with E-state index in [2.05, 4.69) is 15.2 Å². The van der Waals surface area contributed by atoms with Crippen molar-refractivity contribution in [3.63, 3.8) is 0 Å². The van der Waals surface area contributed by atoms with Crippen LogP contribution in [0, 0.1) is 6.92 Å². The van der Waals surface area contributed by atoms with Crippen molar-refractivity contribution in [3.8, 4) is 0 Å². The van der Waals surface area contributed by atoms with Gasteiger partial charge in [0.05, 0.1) is 31.0 Å². The summed E-state index contributed by atoms with van der Waals surface area (Å²) in [7, 11) is 0. The van der Waals surface area contributed by atoms with Crippen molar-refractivity contribution in [2.45, 2.75) is 19.6 Å². The zero-order valence-corrected chi connectivity index (χ0v) is 14.9. The molecule has 0 atom stereocenters. The number of rotatable bonds is 4. The summed E-state index contributed by atoms with van der Waals surface area (Å²) in [6.45, 7) is 5.32. The molecule has 26 heavy (non-hydrogen) atoms. The van der Waals surface area contributed by atoms with E-state index in [0.717, 1.165) is 30.2 Å². The molecule has 0 aliphatic carbocycles. The number of nitrogens with one attached hydrogen (secondary N) is 1. The molecule has 3 rings (SSSR count). The standard InChI is InChI=1S/C17H18F3N3O2S/c1-11-15(26-14(21-11)10-23-5-7-25-8-6-23)16(24)22-13-4-2-3-12(9-13)17(18,19)20/h2-4,9H,5-8,10H2,1H3,(H,22,24). The number of halogens is 3. The van der Waals surface area contributed by atoms with Crippen LogP contribution in [0.5, 0.6) is 0 Å². The van der Waals surface area contributed by atoms with Crippen LogP contribution in [0.2, 0.25) is 0 Å². The average molecular weight is 385 g/mol. The summed E-state index contributed by atoms with van der Waals surface area (Å²) in [4.78, 5) is 19.5. The number of alkyl halides is 3. The minimum absolute atomic E-state index is 0.104. The van der Waals surface area contributed by atoms with Gasteiger partial charge >= 0.3 is 6.18 Å². The number of thiazole rings is 1. The maximum absolute atomic E-state index is 12.8. The monoisotopic (exact) mass is 385 g/mol. The predicted octanol–water partition coefficient (Wildman–Crippen LogP) is 3.55. The number of ether oxygens (including phenoxy) is 1. The number of amides is 1. The number of carbonyl (C=O) groups is 1. The highest BCUT2D eigenvalue weighted by molar-refractivity contribution is 7.13. The molecule has 5 nitrogen and oxygen atoms in total. The van der Waals surface area contributed by atoms with E-state index in [1.54, 1.807) is 6.92 Å². The van der Waals surface area contributed by atoms with Crippen LogP contribution in [-0.2, 0) is 17.5 Å². The van der Waals surface area contributed by atoms with Gasteiger partial charge < -0.3 is 10.1 Å². The second kappa shape index (κ2) is 7.73. The van der Waals surface area contributed by atoms with E-state index in [0.29, 0.717) is 30.3 Å². The number of anilines is 1. The zero-order chi connectivity index (χ0) is 18.7. The molecule has 0 spiro atoms. The van der Waals surface area contributed by atoms with Gasteiger partial charge in [0.15, 0.2) is 0 Å². The Morgan fingerprint density at radius 3 is 2.77 bits per heavy atom. The fourth-order valence-corrected chi connectivity index (χ4v) is 3.64. The van der Waals surface area contributed by atoms with E-state index in [-0.39, 0.29) is 5.69 Å². The Labute approximate surface area is 152 Å². The van der Waals surface area contributed by atoms with Gasteiger partial charge in [0.25, 0.3) is 5.91 Å². The number of morpholine rings is 1. The van der Waals surface area contributed by atoms with Crippen molar-refractivity contribution >= 4 is 22.9 Å². The summed E-state index contributed by atoms with van der Waals surface area (Å²) in [5, 5.41) is 3.33. The first kappa shape index (κ1) is 18.8. The Morgan fingerprint density at radius 2 is 2.08 bits per heavy atom. The molecule has 9 heteroatoms. The SMILES string of the molecule is Cc1nc(CN2CCOCC2)sc1C(=O)Nc1cccc(C(F)(F)F)c1. The second-order valence-corrected chi connectivity index (χ2v) is 7.03. The third-order valence-corrected chi connectivity index (χ3v) is 5.10. The Kier molecular flexibility index (Phi) is 5.59. The fraction of sp³-hybridized carbons (Fsp3) is 0.412. The number of hydrogen-bond donors (Lipinski definition) is 1. The van der Waals surface area contributed by atoms with Crippen LogP contribution in [0.4, 0.5) is 18.9 Å². The molecule has 0 bridgehead atoms. The maximum Gasteiger partial charge on any atom is 0.416 e. The number of nitrogens with zero attached hydrogens (tertiary/aromatic N) is 2. The number of hydrogen-bond acceptors (Lipinski definition) is 5. The third kappa shape index (κ3) is 4.60. The molecule has 1 aromatic carbocycles. The summed E-state index contributed by atoms with van der Waals surface area (Å²) in [5.41, 5.74) is -0.126.